The molecule has 0 spiro atoms. The Morgan fingerprint density at radius 1 is 1.39 bits per heavy atom. The molecule has 0 saturated heterocycles. The summed E-state index contributed by atoms with van der Waals surface area (Å²) < 4.78 is 38.9. The molecular formula is C11H12F3N3S. The molecule has 2 aromatic heterocycles. The van der Waals surface area contributed by atoms with Crippen molar-refractivity contribution in [1.82, 2.24) is 9.78 Å². The zero-order chi connectivity index (χ0) is 13.3. The van der Waals surface area contributed by atoms with Crippen molar-refractivity contribution >= 4 is 11.3 Å². The molecule has 3 nitrogen and oxygen atoms in total. The van der Waals surface area contributed by atoms with Gasteiger partial charge >= 0.3 is 6.18 Å². The average Bonchev–Trinajstić information content (AvgIpc) is 2.84. The fourth-order valence-corrected chi connectivity index (χ4v) is 2.70. The molecule has 0 fully saturated rings. The van der Waals surface area contributed by atoms with E-state index in [2.05, 4.69) is 5.10 Å². The Kier molecular flexibility index (Phi) is 3.45. The van der Waals surface area contributed by atoms with Crippen LogP contribution in [0.4, 0.5) is 13.2 Å². The molecule has 7 heteroatoms. The molecule has 0 unspecified atom stereocenters. The van der Waals surface area contributed by atoms with Crippen molar-refractivity contribution in [2.24, 2.45) is 12.8 Å². The van der Waals surface area contributed by atoms with Gasteiger partial charge in [0, 0.05) is 11.9 Å². The van der Waals surface area contributed by atoms with Crippen LogP contribution in [0.5, 0.6) is 0 Å². The Labute approximate surface area is 106 Å². The van der Waals surface area contributed by atoms with E-state index >= 15 is 0 Å². The van der Waals surface area contributed by atoms with Crippen molar-refractivity contribution in [3.8, 4) is 10.6 Å². The van der Waals surface area contributed by atoms with E-state index < -0.39 is 11.9 Å². The van der Waals surface area contributed by atoms with Crippen LogP contribution >= 0.6 is 11.3 Å². The summed E-state index contributed by atoms with van der Waals surface area (Å²) in [6.45, 7) is 0.527. The summed E-state index contributed by atoms with van der Waals surface area (Å²) in [5, 5.41) is 3.49. The fourth-order valence-electron chi connectivity index (χ4n) is 1.63. The Morgan fingerprint density at radius 3 is 2.67 bits per heavy atom. The second kappa shape index (κ2) is 4.74. The van der Waals surface area contributed by atoms with Crippen LogP contribution in [-0.2, 0) is 19.6 Å². The number of alkyl halides is 3. The quantitative estimate of drug-likeness (QED) is 0.936. The number of rotatable bonds is 3. The maximum Gasteiger partial charge on any atom is 0.435 e. The molecule has 0 radical (unpaired) electrons. The second-order valence-electron chi connectivity index (χ2n) is 3.84. The van der Waals surface area contributed by atoms with Gasteiger partial charge in [-0.1, -0.05) is 0 Å². The van der Waals surface area contributed by atoms with Gasteiger partial charge in [-0.25, -0.2) is 0 Å². The van der Waals surface area contributed by atoms with Crippen molar-refractivity contribution in [3.05, 3.63) is 28.8 Å². The number of thiophene rings is 1. The molecule has 18 heavy (non-hydrogen) atoms. The Morgan fingerprint density at radius 2 is 2.11 bits per heavy atom. The van der Waals surface area contributed by atoms with Gasteiger partial charge in [0.05, 0.1) is 10.6 Å². The number of hydrogen-bond acceptors (Lipinski definition) is 3. The van der Waals surface area contributed by atoms with Gasteiger partial charge in [-0.3, -0.25) is 4.68 Å². The van der Waals surface area contributed by atoms with Gasteiger partial charge in [-0.05, 0) is 31.2 Å². The molecule has 0 amide bonds. The summed E-state index contributed by atoms with van der Waals surface area (Å²) in [4.78, 5) is 1.83. The molecular weight excluding hydrogens is 263 g/mol. The summed E-state index contributed by atoms with van der Waals surface area (Å²) in [6, 6.07) is 4.75. The molecule has 0 bridgehead atoms. The minimum Gasteiger partial charge on any atom is -0.330 e. The van der Waals surface area contributed by atoms with Crippen molar-refractivity contribution in [2.75, 3.05) is 6.54 Å². The van der Waals surface area contributed by atoms with Crippen molar-refractivity contribution in [2.45, 2.75) is 12.6 Å². The van der Waals surface area contributed by atoms with Gasteiger partial charge in [0.2, 0.25) is 0 Å². The highest BCUT2D eigenvalue weighted by Gasteiger charge is 2.34. The summed E-state index contributed by atoms with van der Waals surface area (Å²) in [6.07, 6.45) is -3.68. The lowest BCUT2D eigenvalue weighted by Crippen LogP contribution is -2.06. The zero-order valence-corrected chi connectivity index (χ0v) is 10.5. The van der Waals surface area contributed by atoms with Crippen molar-refractivity contribution in [3.63, 3.8) is 0 Å². The molecule has 0 aromatic carbocycles. The van der Waals surface area contributed by atoms with Gasteiger partial charge in [-0.2, -0.15) is 18.3 Å². The average molecular weight is 275 g/mol. The molecule has 0 aliphatic rings. The number of hydrogen-bond donors (Lipinski definition) is 1. The van der Waals surface area contributed by atoms with E-state index in [0.717, 1.165) is 22.2 Å². The molecule has 2 aromatic rings. The summed E-state index contributed by atoms with van der Waals surface area (Å²) in [7, 11) is 1.51. The predicted molar refractivity (Wildman–Crippen MR) is 64.3 cm³/mol. The highest BCUT2D eigenvalue weighted by Crippen LogP contribution is 2.33. The minimum atomic E-state index is -4.41. The standard InChI is InChI=1S/C11H12F3N3S/c1-17-8(6-10(16-17)11(12,13)14)9-3-2-7(18-9)4-5-15/h2-3,6H,4-5,15H2,1H3. The topological polar surface area (TPSA) is 43.8 Å². The number of aromatic nitrogens is 2. The van der Waals surface area contributed by atoms with Crippen LogP contribution in [0.3, 0.4) is 0 Å². The fraction of sp³-hybridized carbons (Fsp3) is 0.364. The van der Waals surface area contributed by atoms with Crippen LogP contribution < -0.4 is 5.73 Å². The van der Waals surface area contributed by atoms with E-state index in [1.54, 1.807) is 6.07 Å². The SMILES string of the molecule is Cn1nc(C(F)(F)F)cc1-c1ccc(CCN)s1. The van der Waals surface area contributed by atoms with Crippen LogP contribution in [-0.4, -0.2) is 16.3 Å². The molecule has 0 aliphatic carbocycles. The molecule has 0 aliphatic heterocycles. The van der Waals surface area contributed by atoms with Crippen LogP contribution in [0.15, 0.2) is 18.2 Å². The Balaban J connectivity index is 2.35. The highest BCUT2D eigenvalue weighted by molar-refractivity contribution is 7.15. The first-order chi connectivity index (χ1) is 8.41. The number of halogens is 3. The normalized spacial score (nSPS) is 12.1. The zero-order valence-electron chi connectivity index (χ0n) is 9.66. The number of nitrogens with zero attached hydrogens (tertiary/aromatic N) is 2. The van der Waals surface area contributed by atoms with E-state index in [0.29, 0.717) is 12.2 Å². The van der Waals surface area contributed by atoms with E-state index in [1.807, 2.05) is 6.07 Å². The molecule has 2 rings (SSSR count). The lowest BCUT2D eigenvalue weighted by Gasteiger charge is -1.98. The third-order valence-electron chi connectivity index (χ3n) is 2.48. The van der Waals surface area contributed by atoms with Crippen LogP contribution in [0.2, 0.25) is 0 Å². The van der Waals surface area contributed by atoms with Gasteiger partial charge in [0.25, 0.3) is 0 Å². The van der Waals surface area contributed by atoms with Crippen molar-refractivity contribution < 1.29 is 13.2 Å². The van der Waals surface area contributed by atoms with Crippen LogP contribution in [0.1, 0.15) is 10.6 Å². The number of aryl methyl sites for hydroxylation is 1. The molecule has 0 atom stereocenters. The van der Waals surface area contributed by atoms with Gasteiger partial charge in [0.15, 0.2) is 5.69 Å². The maximum absolute atomic E-state index is 12.5. The Bertz CT molecular complexity index is 542. The highest BCUT2D eigenvalue weighted by atomic mass is 32.1. The monoisotopic (exact) mass is 275 g/mol. The van der Waals surface area contributed by atoms with Crippen LogP contribution in [0, 0.1) is 0 Å². The first-order valence-corrected chi connectivity index (χ1v) is 6.14. The van der Waals surface area contributed by atoms with Crippen LogP contribution in [0.25, 0.3) is 10.6 Å². The van der Waals surface area contributed by atoms with Gasteiger partial charge < -0.3 is 5.73 Å². The molecule has 98 valence electrons. The minimum absolute atomic E-state index is 0.468. The summed E-state index contributed by atoms with van der Waals surface area (Å²) in [5.41, 5.74) is 5.04. The van der Waals surface area contributed by atoms with E-state index in [-0.39, 0.29) is 0 Å². The lowest BCUT2D eigenvalue weighted by atomic mass is 10.3. The van der Waals surface area contributed by atoms with Gasteiger partial charge in [-0.15, -0.1) is 11.3 Å². The third-order valence-corrected chi connectivity index (χ3v) is 3.64. The molecule has 2 heterocycles. The van der Waals surface area contributed by atoms with E-state index in [1.165, 1.54) is 23.1 Å². The van der Waals surface area contributed by atoms with E-state index in [9.17, 15) is 13.2 Å². The third kappa shape index (κ3) is 2.56. The lowest BCUT2D eigenvalue weighted by molar-refractivity contribution is -0.141. The summed E-state index contributed by atoms with van der Waals surface area (Å²) in [5.74, 6) is 0. The first-order valence-electron chi connectivity index (χ1n) is 5.32. The summed E-state index contributed by atoms with van der Waals surface area (Å²) >= 11 is 1.44. The second-order valence-corrected chi connectivity index (χ2v) is 5.01. The molecule has 0 saturated carbocycles. The molecule has 2 N–H and O–H groups in total. The first kappa shape index (κ1) is 13.1. The maximum atomic E-state index is 12.5. The predicted octanol–water partition coefficient (Wildman–Crippen LogP) is 2.67. The largest absolute Gasteiger partial charge is 0.435 e. The Hall–Kier alpha value is -1.34. The van der Waals surface area contributed by atoms with E-state index in [4.69, 9.17) is 5.73 Å². The smallest absolute Gasteiger partial charge is 0.330 e. The van der Waals surface area contributed by atoms with Crippen molar-refractivity contribution in [1.29, 1.82) is 0 Å². The number of nitrogens with two attached hydrogens (primary N) is 1. The van der Waals surface area contributed by atoms with Gasteiger partial charge in [0.1, 0.15) is 0 Å².